The van der Waals surface area contributed by atoms with Crippen molar-refractivity contribution >= 4 is 23.7 Å². The molecule has 0 spiro atoms. The molecule has 1 aliphatic rings. The molecule has 0 unspecified atom stereocenters. The Morgan fingerprint density at radius 2 is 1.58 bits per heavy atom. The van der Waals surface area contributed by atoms with Crippen molar-refractivity contribution in [1.29, 1.82) is 0 Å². The number of halogens is 6. The summed E-state index contributed by atoms with van der Waals surface area (Å²) in [6, 6.07) is 8.57. The Morgan fingerprint density at radius 3 is 2.14 bits per heavy atom. The summed E-state index contributed by atoms with van der Waals surface area (Å²) in [5.74, 6) is -0.521. The third-order valence-electron chi connectivity index (χ3n) is 7.65. The second-order valence-electron chi connectivity index (χ2n) is 10.9. The SMILES string of the molecule is CN(C(=O)C(C)(C)c1cc(C(F)(F)F)cc(C(F)(F)F)c1)c1cnc(N2C[C@H](O)C[C@H]2CO)cc1-c1ccccc1C=O. The van der Waals surface area contributed by atoms with Crippen molar-refractivity contribution in [2.75, 3.05) is 30.0 Å². The predicted molar refractivity (Wildman–Crippen MR) is 147 cm³/mol. The maximum Gasteiger partial charge on any atom is 0.416 e. The molecule has 1 amide bonds. The van der Waals surface area contributed by atoms with E-state index in [1.807, 2.05) is 0 Å². The summed E-state index contributed by atoms with van der Waals surface area (Å²) in [5.41, 5.74) is -4.39. The molecular formula is C30H29F6N3O4. The zero-order valence-electron chi connectivity index (χ0n) is 23.4. The molecule has 7 nitrogen and oxygen atoms in total. The smallest absolute Gasteiger partial charge is 0.394 e. The van der Waals surface area contributed by atoms with Crippen molar-refractivity contribution in [3.05, 3.63) is 77.0 Å². The summed E-state index contributed by atoms with van der Waals surface area (Å²) in [7, 11) is 1.31. The maximum absolute atomic E-state index is 13.9. The Labute approximate surface area is 243 Å². The number of β-amino-alcohol motifs (C(OH)–C–C–N with tert-alkyl or cyclic N) is 1. The number of anilines is 2. The zero-order chi connectivity index (χ0) is 31.9. The number of rotatable bonds is 7. The summed E-state index contributed by atoms with van der Waals surface area (Å²) in [5, 5.41) is 20.0. The largest absolute Gasteiger partial charge is 0.416 e. The number of aliphatic hydroxyl groups excluding tert-OH is 2. The third kappa shape index (κ3) is 6.37. The highest BCUT2D eigenvalue weighted by molar-refractivity contribution is 6.04. The first kappa shape index (κ1) is 32.0. The van der Waals surface area contributed by atoms with Crippen molar-refractivity contribution in [1.82, 2.24) is 4.98 Å². The Balaban J connectivity index is 1.84. The molecule has 3 aromatic rings. The van der Waals surface area contributed by atoms with Gasteiger partial charge in [0.2, 0.25) is 5.91 Å². The monoisotopic (exact) mass is 609 g/mol. The first-order valence-corrected chi connectivity index (χ1v) is 13.2. The van der Waals surface area contributed by atoms with Gasteiger partial charge in [-0.1, -0.05) is 24.3 Å². The summed E-state index contributed by atoms with van der Waals surface area (Å²) in [4.78, 5) is 33.0. The lowest BCUT2D eigenvalue weighted by atomic mass is 9.81. The van der Waals surface area contributed by atoms with Gasteiger partial charge in [-0.05, 0) is 55.7 Å². The van der Waals surface area contributed by atoms with Gasteiger partial charge in [-0.15, -0.1) is 0 Å². The molecule has 0 radical (unpaired) electrons. The van der Waals surface area contributed by atoms with Gasteiger partial charge in [0.25, 0.3) is 0 Å². The maximum atomic E-state index is 13.9. The Hall–Kier alpha value is -3.97. The Kier molecular flexibility index (Phi) is 8.63. The summed E-state index contributed by atoms with van der Waals surface area (Å²) < 4.78 is 81.4. The summed E-state index contributed by atoms with van der Waals surface area (Å²) in [6.07, 6.45) is -8.74. The lowest BCUT2D eigenvalue weighted by Gasteiger charge is -2.32. The van der Waals surface area contributed by atoms with Crippen molar-refractivity contribution in [2.24, 2.45) is 0 Å². The van der Waals surface area contributed by atoms with Crippen molar-refractivity contribution in [3.8, 4) is 11.1 Å². The lowest BCUT2D eigenvalue weighted by Crippen LogP contribution is -2.42. The minimum atomic E-state index is -5.10. The van der Waals surface area contributed by atoms with Crippen LogP contribution in [-0.2, 0) is 22.6 Å². The molecule has 2 heterocycles. The van der Waals surface area contributed by atoms with E-state index in [1.54, 1.807) is 29.2 Å². The van der Waals surface area contributed by atoms with Gasteiger partial charge < -0.3 is 20.0 Å². The van der Waals surface area contributed by atoms with E-state index in [1.165, 1.54) is 33.2 Å². The summed E-state index contributed by atoms with van der Waals surface area (Å²) >= 11 is 0. The fraction of sp³-hybridized carbons (Fsp3) is 0.367. The average Bonchev–Trinajstić information content (AvgIpc) is 3.35. The average molecular weight is 610 g/mol. The summed E-state index contributed by atoms with van der Waals surface area (Å²) in [6.45, 7) is 2.33. The molecule has 0 aliphatic carbocycles. The van der Waals surface area contributed by atoms with Crippen LogP contribution in [0.15, 0.2) is 54.7 Å². The number of alkyl halides is 6. The van der Waals surface area contributed by atoms with Crippen LogP contribution < -0.4 is 9.80 Å². The predicted octanol–water partition coefficient (Wildman–Crippen LogP) is 5.47. The number of aromatic nitrogens is 1. The van der Waals surface area contributed by atoms with E-state index in [-0.39, 0.29) is 36.9 Å². The van der Waals surface area contributed by atoms with E-state index >= 15 is 0 Å². The molecule has 43 heavy (non-hydrogen) atoms. The van der Waals surface area contributed by atoms with Crippen LogP contribution in [0.5, 0.6) is 0 Å². The standard InChI is InChI=1S/C30H29F6N3O4/c1-28(2,18-8-19(29(31,32)33)10-20(9-18)30(34,35)36)27(43)38(3)25-13-37-26(39-14-22(42)11-21(39)16-41)12-24(25)23-7-5-4-6-17(23)15-40/h4-10,12-13,15,21-22,41-42H,11,14,16H2,1-3H3/t21-,22+/m0/s1. The first-order valence-electron chi connectivity index (χ1n) is 13.2. The van der Waals surface area contributed by atoms with E-state index in [0.717, 1.165) is 4.90 Å². The van der Waals surface area contributed by atoms with Crippen LogP contribution in [0.2, 0.25) is 0 Å². The van der Waals surface area contributed by atoms with E-state index < -0.39 is 52.5 Å². The highest BCUT2D eigenvalue weighted by Crippen LogP contribution is 2.41. The first-order chi connectivity index (χ1) is 20.0. The second-order valence-corrected chi connectivity index (χ2v) is 10.9. The zero-order valence-corrected chi connectivity index (χ0v) is 23.4. The van der Waals surface area contributed by atoms with Gasteiger partial charge >= 0.3 is 12.4 Å². The number of likely N-dealkylation sites (N-methyl/N-ethyl adjacent to an activating group) is 1. The molecule has 2 N–H and O–H groups in total. The number of aliphatic hydroxyl groups is 2. The molecule has 0 saturated carbocycles. The van der Waals surface area contributed by atoms with Gasteiger partial charge in [-0.3, -0.25) is 9.59 Å². The van der Waals surface area contributed by atoms with Crippen LogP contribution in [0.3, 0.4) is 0 Å². The van der Waals surface area contributed by atoms with Gasteiger partial charge in [0.15, 0.2) is 6.29 Å². The van der Waals surface area contributed by atoms with Crippen molar-refractivity contribution in [3.63, 3.8) is 0 Å². The highest BCUT2D eigenvalue weighted by Gasteiger charge is 2.41. The number of nitrogens with zero attached hydrogens (tertiary/aromatic N) is 3. The van der Waals surface area contributed by atoms with Gasteiger partial charge in [0.05, 0.1) is 47.2 Å². The number of carbonyl (C=O) groups is 2. The molecular weight excluding hydrogens is 580 g/mol. The van der Waals surface area contributed by atoms with Crippen LogP contribution in [0.4, 0.5) is 37.8 Å². The van der Waals surface area contributed by atoms with E-state index in [9.17, 15) is 46.1 Å². The molecule has 13 heteroatoms. The Morgan fingerprint density at radius 1 is 1.00 bits per heavy atom. The van der Waals surface area contributed by atoms with Gasteiger partial charge in [0, 0.05) is 24.7 Å². The van der Waals surface area contributed by atoms with E-state index in [2.05, 4.69) is 4.98 Å². The van der Waals surface area contributed by atoms with E-state index in [0.29, 0.717) is 35.4 Å². The highest BCUT2D eigenvalue weighted by atomic mass is 19.4. The van der Waals surface area contributed by atoms with Crippen LogP contribution in [0, 0.1) is 0 Å². The number of hydrogen-bond acceptors (Lipinski definition) is 6. The van der Waals surface area contributed by atoms with Crippen LogP contribution in [-0.4, -0.2) is 59.7 Å². The van der Waals surface area contributed by atoms with Crippen LogP contribution >= 0.6 is 0 Å². The van der Waals surface area contributed by atoms with Crippen LogP contribution in [0.1, 0.15) is 47.3 Å². The number of pyridine rings is 1. The van der Waals surface area contributed by atoms with Crippen molar-refractivity contribution < 1.29 is 46.1 Å². The molecule has 1 aromatic heterocycles. The normalized spacial score (nSPS) is 17.7. The van der Waals surface area contributed by atoms with Gasteiger partial charge in [-0.25, -0.2) is 4.98 Å². The fourth-order valence-corrected chi connectivity index (χ4v) is 5.24. The van der Waals surface area contributed by atoms with Crippen LogP contribution in [0.25, 0.3) is 11.1 Å². The third-order valence-corrected chi connectivity index (χ3v) is 7.65. The molecule has 1 fully saturated rings. The second kappa shape index (κ2) is 11.6. The Bertz CT molecular complexity index is 1490. The molecule has 2 aromatic carbocycles. The topological polar surface area (TPSA) is 94.0 Å². The number of aldehydes is 1. The molecule has 230 valence electrons. The lowest BCUT2D eigenvalue weighted by molar-refractivity contribution is -0.143. The van der Waals surface area contributed by atoms with Gasteiger partial charge in [-0.2, -0.15) is 26.3 Å². The number of amides is 1. The number of carbonyl (C=O) groups excluding carboxylic acids is 2. The number of hydrogen-bond donors (Lipinski definition) is 2. The molecule has 0 bridgehead atoms. The molecule has 2 atom stereocenters. The fourth-order valence-electron chi connectivity index (χ4n) is 5.24. The van der Waals surface area contributed by atoms with Crippen molar-refractivity contribution in [2.45, 2.75) is 50.2 Å². The molecule has 1 aliphatic heterocycles. The van der Waals surface area contributed by atoms with E-state index in [4.69, 9.17) is 0 Å². The molecule has 1 saturated heterocycles. The number of benzene rings is 2. The quantitative estimate of drug-likeness (QED) is 0.273. The molecule has 4 rings (SSSR count). The van der Waals surface area contributed by atoms with Gasteiger partial charge in [0.1, 0.15) is 5.82 Å². The minimum absolute atomic E-state index is 0.000183. The minimum Gasteiger partial charge on any atom is -0.394 e.